The molecule has 3 aliphatic rings. The number of fused-ring (bicyclic) bond motifs is 4. The van der Waals surface area contributed by atoms with E-state index < -0.39 is 0 Å². The fourth-order valence-corrected chi connectivity index (χ4v) is 17.8. The Morgan fingerprint density at radius 3 is 0.985 bits per heavy atom. The van der Waals surface area contributed by atoms with E-state index in [1.807, 2.05) is 160 Å². The smallest absolute Gasteiger partial charge is 0.0998 e. The second-order valence-corrected chi connectivity index (χ2v) is 34.4. The monoisotopic (exact) mass is 1780 g/mol. The van der Waals surface area contributed by atoms with Crippen LogP contribution < -0.4 is 29.8 Å². The Balaban J connectivity index is 0.000000131. The van der Waals surface area contributed by atoms with Gasteiger partial charge in [-0.3, -0.25) is 4.90 Å². The number of likely N-dealkylation sites (N-methyl/N-ethyl adjacent to an activating group) is 1. The molecular weight excluding hydrogens is 1670 g/mol. The Hall–Kier alpha value is -15.8. The molecule has 16 aromatic carbocycles. The minimum Gasteiger partial charge on any atom is -0.384 e. The number of nitriles is 6. The van der Waals surface area contributed by atoms with Crippen LogP contribution in [0.3, 0.4) is 0 Å². The van der Waals surface area contributed by atoms with E-state index in [1.165, 1.54) is 104 Å². The van der Waals surface area contributed by atoms with Crippen LogP contribution >= 0.6 is 0 Å². The normalized spacial score (nSPS) is 12.8. The van der Waals surface area contributed by atoms with E-state index in [9.17, 15) is 31.6 Å². The van der Waals surface area contributed by atoms with Gasteiger partial charge in [-0.1, -0.05) is 213 Å². The highest BCUT2D eigenvalue weighted by Crippen LogP contribution is 2.37. The van der Waals surface area contributed by atoms with Gasteiger partial charge in [0.05, 0.1) is 83.0 Å². The molecule has 0 unspecified atom stereocenters. The van der Waals surface area contributed by atoms with Crippen LogP contribution in [-0.4, -0.2) is 136 Å². The van der Waals surface area contributed by atoms with Gasteiger partial charge in [-0.15, -0.1) is 0 Å². The van der Waals surface area contributed by atoms with E-state index in [1.54, 1.807) is 0 Å². The van der Waals surface area contributed by atoms with Crippen molar-refractivity contribution in [3.05, 3.63) is 373 Å². The molecule has 0 bridgehead atoms. The van der Waals surface area contributed by atoms with Crippen LogP contribution in [0.4, 0.5) is 34.1 Å². The summed E-state index contributed by atoms with van der Waals surface area (Å²) in [6.07, 6.45) is 5.09. The number of ether oxygens (including phenoxy) is 1. The van der Waals surface area contributed by atoms with Crippen LogP contribution in [0, 0.1) is 68.0 Å². The summed E-state index contributed by atoms with van der Waals surface area (Å²) in [6, 6.07) is 129. The summed E-state index contributed by atoms with van der Waals surface area (Å²) < 4.78 is 5.35. The zero-order valence-corrected chi connectivity index (χ0v) is 79.2. The first-order valence-corrected chi connectivity index (χ1v) is 47.4. The second-order valence-electron chi connectivity index (χ2n) is 34.4. The Morgan fingerprint density at radius 2 is 0.610 bits per heavy atom. The molecule has 0 saturated carbocycles. The highest BCUT2D eigenvalue weighted by Gasteiger charge is 2.19. The Bertz CT molecular complexity index is 6860. The van der Waals surface area contributed by atoms with Crippen molar-refractivity contribution in [1.29, 1.82) is 31.6 Å². The molecule has 0 spiro atoms. The molecular formula is C121H118N14O. The molecule has 678 valence electrons. The molecule has 0 radical (unpaired) electrons. The number of nitrogens with zero attached hydrogens (tertiary/aromatic N) is 13. The highest BCUT2D eigenvalue weighted by molar-refractivity contribution is 5.95. The SMILES string of the molecule is CCCN(CC)c1ccc2cc(-c3ccccc3C#N)ccc2c1.CCN(CC)c1ccc2cc(-c3ccccc3C#N)ccc2c1.CN(C)c1ccc2cc(-c3ccccc3C#N)ccc2c1.CN1CCN(c2ccc(-c3ccccc3C#N)cc2)CC1.N#Cc1ccccc1-c1ccc(NCCN2CCOCC2)cc1.N#Cc1ccccc1-c1ccc2cc(N3CCCCC3)ccc2c1. The van der Waals surface area contributed by atoms with Crippen molar-refractivity contribution in [1.82, 2.24) is 9.80 Å². The first-order chi connectivity index (χ1) is 66.7. The van der Waals surface area contributed by atoms with Gasteiger partial charge in [0.1, 0.15) is 0 Å². The lowest BCUT2D eigenvalue weighted by molar-refractivity contribution is 0.0398. The van der Waals surface area contributed by atoms with E-state index in [0.29, 0.717) is 22.3 Å². The van der Waals surface area contributed by atoms with Crippen molar-refractivity contribution < 1.29 is 4.74 Å². The maximum absolute atomic E-state index is 9.32. The summed E-state index contributed by atoms with van der Waals surface area (Å²) in [5.41, 5.74) is 24.2. The molecule has 15 heteroatoms. The van der Waals surface area contributed by atoms with Crippen molar-refractivity contribution >= 4 is 77.2 Å². The first-order valence-electron chi connectivity index (χ1n) is 47.4. The summed E-state index contributed by atoms with van der Waals surface area (Å²) in [7, 11) is 6.25. The summed E-state index contributed by atoms with van der Waals surface area (Å²) in [5.74, 6) is 0. The Kier molecular flexibility index (Phi) is 34.3. The predicted octanol–water partition coefficient (Wildman–Crippen LogP) is 26.6. The van der Waals surface area contributed by atoms with Crippen molar-refractivity contribution in [2.24, 2.45) is 0 Å². The van der Waals surface area contributed by atoms with Gasteiger partial charge in [0.2, 0.25) is 0 Å². The Morgan fingerprint density at radius 1 is 0.301 bits per heavy atom. The molecule has 0 aromatic heterocycles. The molecule has 136 heavy (non-hydrogen) atoms. The largest absolute Gasteiger partial charge is 0.384 e. The minimum atomic E-state index is 0.709. The topological polar surface area (TPSA) is 187 Å². The maximum Gasteiger partial charge on any atom is 0.0998 e. The number of nitrogens with one attached hydrogen (secondary N) is 1. The zero-order chi connectivity index (χ0) is 94.9. The number of benzene rings is 16. The van der Waals surface area contributed by atoms with E-state index in [-0.39, 0.29) is 0 Å². The first kappa shape index (κ1) is 96.2. The summed E-state index contributed by atoms with van der Waals surface area (Å²) in [5, 5.41) is 68.8. The van der Waals surface area contributed by atoms with Crippen LogP contribution in [0.5, 0.6) is 0 Å². The number of anilines is 6. The van der Waals surface area contributed by atoms with Gasteiger partial charge in [0.15, 0.2) is 0 Å². The summed E-state index contributed by atoms with van der Waals surface area (Å²) >= 11 is 0. The van der Waals surface area contributed by atoms with Gasteiger partial charge in [0, 0.05) is 140 Å². The van der Waals surface area contributed by atoms with Crippen molar-refractivity contribution in [2.75, 3.05) is 156 Å². The molecule has 3 aliphatic heterocycles. The third-order valence-electron chi connectivity index (χ3n) is 25.5. The predicted molar refractivity (Wildman–Crippen MR) is 567 cm³/mol. The van der Waals surface area contributed by atoms with Gasteiger partial charge in [0.25, 0.3) is 0 Å². The standard InChI is InChI=1S/C22H20N2.C22H22N2.C21H20N2.C19H21N3O.C19H16N2.C18H19N3/c23-16-20-6-2-3-7-22(20)19-9-8-18-15-21(11-10-17(18)14-19)24-12-4-1-5-13-24;1-3-13-24(4-2)21-12-11-17-14-19(10-9-18(17)15-21)22-8-6-5-7-20(22)16-23;1-3-23(4-2)20-12-11-16-13-18(10-9-17(16)14-20)21-8-6-5-7-19(21)15-22;20-15-17-3-1-2-4-19(17)16-5-7-18(8-6-16)21-9-10-22-11-13-23-14-12-22;1-21(2)18-10-9-14-11-16(8-7-15(14)12-18)19-6-4-3-5-17(19)13-20;1-20-10-12-21(13-11-20)17-8-6-15(7-9-17)18-5-3-2-4-16(18)14-19/h2-3,6-11,14-15H,1,4-5,12-13H2;5-12,14-15H,3-4,13H2,1-2H3;5-14H,3-4H2,1-2H3;1-8,21H,9-14H2;3-12H,1-2H3;2-9H,10-13H2,1H3. The van der Waals surface area contributed by atoms with Gasteiger partial charge in [-0.05, 0) is 297 Å². The number of hydrogen-bond donors (Lipinski definition) is 1. The van der Waals surface area contributed by atoms with Crippen molar-refractivity contribution in [3.63, 3.8) is 0 Å². The molecule has 0 atom stereocenters. The van der Waals surface area contributed by atoms with Gasteiger partial charge >= 0.3 is 0 Å². The fraction of sp³-hybridized carbons (Fsp3) is 0.223. The van der Waals surface area contributed by atoms with Crippen molar-refractivity contribution in [2.45, 2.75) is 53.4 Å². The highest BCUT2D eigenvalue weighted by atomic mass is 16.5. The molecule has 0 aliphatic carbocycles. The zero-order valence-electron chi connectivity index (χ0n) is 79.2. The molecule has 15 nitrogen and oxygen atoms in total. The minimum absolute atomic E-state index is 0.709. The van der Waals surface area contributed by atoms with Crippen LogP contribution in [0.2, 0.25) is 0 Å². The van der Waals surface area contributed by atoms with Gasteiger partial charge in [-0.25, -0.2) is 0 Å². The van der Waals surface area contributed by atoms with Crippen LogP contribution in [-0.2, 0) is 4.74 Å². The second kappa shape index (κ2) is 48.5. The van der Waals surface area contributed by atoms with Crippen LogP contribution in [0.25, 0.3) is 110 Å². The molecule has 1 N–H and O–H groups in total. The third kappa shape index (κ3) is 24.9. The van der Waals surface area contributed by atoms with E-state index in [4.69, 9.17) is 4.74 Å². The number of piperidine rings is 1. The molecule has 16 aromatic rings. The summed E-state index contributed by atoms with van der Waals surface area (Å²) in [6.45, 7) is 25.3. The van der Waals surface area contributed by atoms with Gasteiger partial charge in [-0.2, -0.15) is 31.6 Å². The molecule has 3 heterocycles. The number of rotatable bonds is 20. The molecule has 0 amide bonds. The number of piperazine rings is 1. The molecule has 3 saturated heterocycles. The number of hydrogen-bond acceptors (Lipinski definition) is 15. The Labute approximate surface area is 803 Å². The van der Waals surface area contributed by atoms with E-state index in [0.717, 1.165) is 182 Å². The molecule has 3 fully saturated rings. The van der Waals surface area contributed by atoms with E-state index >= 15 is 0 Å². The third-order valence-corrected chi connectivity index (χ3v) is 25.5. The maximum atomic E-state index is 9.32. The van der Waals surface area contributed by atoms with Crippen LogP contribution in [0.15, 0.2) is 340 Å². The lowest BCUT2D eigenvalue weighted by atomic mass is 9.97. The fourth-order valence-electron chi connectivity index (χ4n) is 17.8. The summed E-state index contributed by atoms with van der Waals surface area (Å²) in [4.78, 5) is 16.5. The lowest BCUT2D eigenvalue weighted by Crippen LogP contribution is -2.44. The quantitative estimate of drug-likeness (QED) is 0.0759. The average molecular weight is 1780 g/mol. The van der Waals surface area contributed by atoms with E-state index in [2.05, 4.69) is 305 Å². The molecule has 19 rings (SSSR count). The number of morpholine rings is 1. The van der Waals surface area contributed by atoms with Gasteiger partial charge < -0.3 is 39.5 Å². The van der Waals surface area contributed by atoms with Crippen LogP contribution in [0.1, 0.15) is 86.8 Å². The van der Waals surface area contributed by atoms with Crippen molar-refractivity contribution in [3.8, 4) is 103 Å². The average Bonchev–Trinajstić information content (AvgIpc) is 0.810. The lowest BCUT2D eigenvalue weighted by Gasteiger charge is -2.34.